The Labute approximate surface area is 321 Å². The van der Waals surface area contributed by atoms with Crippen molar-refractivity contribution in [3.63, 3.8) is 0 Å². The second-order valence-corrected chi connectivity index (χ2v) is 14.8. The fraction of sp³-hybridized carbons (Fsp3) is 0.115. The van der Waals surface area contributed by atoms with Gasteiger partial charge in [0.25, 0.3) is 0 Å². The minimum atomic E-state index is 0.952. The predicted molar refractivity (Wildman–Crippen MR) is 231 cm³/mol. The number of hydrogen-bond donors (Lipinski definition) is 0. The Kier molecular flexibility index (Phi) is 8.97. The van der Waals surface area contributed by atoms with Crippen molar-refractivity contribution >= 4 is 24.1 Å². The van der Waals surface area contributed by atoms with E-state index in [4.69, 9.17) is 0 Å². The van der Waals surface area contributed by atoms with Crippen LogP contribution in [-0.2, 0) is 12.8 Å². The maximum atomic E-state index is 2.54. The highest BCUT2D eigenvalue weighted by atomic mass is 15.2. The summed E-state index contributed by atoms with van der Waals surface area (Å²) in [6.07, 6.45) is 13.9. The molecule has 3 aliphatic rings. The lowest BCUT2D eigenvalue weighted by atomic mass is 9.55. The van der Waals surface area contributed by atoms with Crippen LogP contribution in [0.25, 0.3) is 33.4 Å². The lowest BCUT2D eigenvalue weighted by molar-refractivity contribution is 1.00. The van der Waals surface area contributed by atoms with E-state index in [9.17, 15) is 0 Å². The molecule has 0 fully saturated rings. The van der Waals surface area contributed by atoms with E-state index in [1.165, 1.54) is 100 Å². The summed E-state index contributed by atoms with van der Waals surface area (Å²) in [5, 5.41) is 0. The van der Waals surface area contributed by atoms with Crippen LogP contribution in [0.3, 0.4) is 0 Å². The highest BCUT2D eigenvalue weighted by Gasteiger charge is 2.32. The molecule has 1 radical (unpaired) electrons. The van der Waals surface area contributed by atoms with Gasteiger partial charge in [0.2, 0.25) is 0 Å². The van der Waals surface area contributed by atoms with Gasteiger partial charge in [-0.25, -0.2) is 0 Å². The Hall–Kier alpha value is -6.12. The Balaban J connectivity index is 1.29. The first-order chi connectivity index (χ1) is 26.6. The van der Waals surface area contributed by atoms with Crippen LogP contribution in [0.5, 0.6) is 0 Å². The molecule has 1 aliphatic heterocycles. The van der Waals surface area contributed by atoms with Crippen LogP contribution in [0, 0.1) is 0 Å². The first kappa shape index (κ1) is 33.7. The molecule has 54 heavy (non-hydrogen) atoms. The number of benzene rings is 6. The Morgan fingerprint density at radius 3 is 1.96 bits per heavy atom. The molecule has 6 aromatic rings. The number of fused-ring (bicyclic) bond motifs is 3. The summed E-state index contributed by atoms with van der Waals surface area (Å²) in [4.78, 5) is 2.54. The second-order valence-electron chi connectivity index (χ2n) is 14.8. The summed E-state index contributed by atoms with van der Waals surface area (Å²) in [5.74, 6) is 0. The molecule has 9 rings (SSSR count). The molecule has 1 heterocycles. The van der Waals surface area contributed by atoms with E-state index in [-0.39, 0.29) is 0 Å². The van der Waals surface area contributed by atoms with Gasteiger partial charge in [-0.1, -0.05) is 168 Å². The topological polar surface area (TPSA) is 3.24 Å². The van der Waals surface area contributed by atoms with E-state index in [0.717, 1.165) is 19.3 Å². The standard InChI is InChI=1S/C52H43BN/c1-4-5-8-17-37-28-35(2)47(29-37)51-36(3)54(49-25-16-15-24-46(49)39-20-11-7-12-21-39)50-34-45(38-18-9-6-10-19-38)33-48(52(50)53-51)43-27-26-42-30-40-22-13-14-23-41(40)31-44(42)32-43/h4-27,29,32-34H,28,30-31H2,1-3H3/b5-4-,17-8-. The molecule has 0 spiro atoms. The average molecular weight is 693 g/mol. The molecule has 2 aliphatic carbocycles. The van der Waals surface area contributed by atoms with Crippen molar-refractivity contribution in [2.75, 3.05) is 4.90 Å². The highest BCUT2D eigenvalue weighted by molar-refractivity contribution is 6.67. The largest absolute Gasteiger partial charge is 0.315 e. The lowest BCUT2D eigenvalue weighted by Gasteiger charge is -2.37. The minimum absolute atomic E-state index is 0.952. The molecule has 0 N–H and O–H groups in total. The molecule has 0 aromatic heterocycles. The van der Waals surface area contributed by atoms with Crippen LogP contribution in [0.4, 0.5) is 11.4 Å². The molecule has 1 nitrogen and oxygen atoms in total. The van der Waals surface area contributed by atoms with E-state index < -0.39 is 0 Å². The summed E-state index contributed by atoms with van der Waals surface area (Å²) in [6.45, 7) is 6.67. The number of para-hydroxylation sites is 1. The third-order valence-electron chi connectivity index (χ3n) is 11.3. The van der Waals surface area contributed by atoms with Crippen LogP contribution in [0.15, 0.2) is 198 Å². The molecule has 0 bridgehead atoms. The Bertz CT molecular complexity index is 2560. The highest BCUT2D eigenvalue weighted by Crippen LogP contribution is 2.45. The van der Waals surface area contributed by atoms with Crippen LogP contribution < -0.4 is 10.4 Å². The lowest BCUT2D eigenvalue weighted by Crippen LogP contribution is -2.36. The van der Waals surface area contributed by atoms with Gasteiger partial charge in [-0.2, -0.15) is 0 Å². The van der Waals surface area contributed by atoms with Crippen molar-refractivity contribution < 1.29 is 0 Å². The average Bonchev–Trinajstić information content (AvgIpc) is 3.59. The molecule has 0 unspecified atom stereocenters. The summed E-state index contributed by atoms with van der Waals surface area (Å²) >= 11 is 0. The Morgan fingerprint density at radius 2 is 1.20 bits per heavy atom. The normalized spacial score (nSPS) is 15.0. The summed E-state index contributed by atoms with van der Waals surface area (Å²) in [6, 6.07) is 51.6. The maximum absolute atomic E-state index is 2.54. The van der Waals surface area contributed by atoms with E-state index in [0.29, 0.717) is 0 Å². The molecule has 0 amide bonds. The van der Waals surface area contributed by atoms with Crippen molar-refractivity contribution in [1.82, 2.24) is 0 Å². The summed E-state index contributed by atoms with van der Waals surface area (Å²) in [5.41, 5.74) is 23.3. The zero-order chi connectivity index (χ0) is 36.6. The van der Waals surface area contributed by atoms with Gasteiger partial charge in [0, 0.05) is 16.9 Å². The number of nitrogens with zero attached hydrogens (tertiary/aromatic N) is 1. The van der Waals surface area contributed by atoms with Crippen LogP contribution in [0.1, 0.15) is 49.4 Å². The molecule has 6 aromatic carbocycles. The third kappa shape index (κ3) is 6.22. The van der Waals surface area contributed by atoms with E-state index in [1.54, 1.807) is 0 Å². The molecule has 2 heteroatoms. The van der Waals surface area contributed by atoms with Gasteiger partial charge in [0.05, 0.1) is 5.69 Å². The smallest absolute Gasteiger partial charge is 0.198 e. The third-order valence-corrected chi connectivity index (χ3v) is 11.3. The Morgan fingerprint density at radius 1 is 0.537 bits per heavy atom. The van der Waals surface area contributed by atoms with Gasteiger partial charge < -0.3 is 4.90 Å². The zero-order valence-corrected chi connectivity index (χ0v) is 31.3. The second kappa shape index (κ2) is 14.4. The van der Waals surface area contributed by atoms with E-state index >= 15 is 0 Å². The van der Waals surface area contributed by atoms with Crippen molar-refractivity contribution in [3.05, 3.63) is 220 Å². The molecule has 0 atom stereocenters. The molecular weight excluding hydrogens is 649 g/mol. The van der Waals surface area contributed by atoms with E-state index in [1.807, 2.05) is 0 Å². The summed E-state index contributed by atoms with van der Waals surface area (Å²) < 4.78 is 0. The maximum Gasteiger partial charge on any atom is 0.198 e. The summed E-state index contributed by atoms with van der Waals surface area (Å²) in [7, 11) is 2.49. The monoisotopic (exact) mass is 692 g/mol. The predicted octanol–water partition coefficient (Wildman–Crippen LogP) is 12.7. The van der Waals surface area contributed by atoms with Crippen molar-refractivity contribution in [2.45, 2.75) is 40.0 Å². The number of rotatable bonds is 7. The fourth-order valence-electron chi connectivity index (χ4n) is 8.58. The van der Waals surface area contributed by atoms with Crippen LogP contribution >= 0.6 is 0 Å². The van der Waals surface area contributed by atoms with Crippen LogP contribution in [-0.4, -0.2) is 7.28 Å². The number of allylic oxidation sites excluding steroid dienone is 10. The quantitative estimate of drug-likeness (QED) is 0.119. The van der Waals surface area contributed by atoms with Crippen LogP contribution in [0.2, 0.25) is 0 Å². The SMILES string of the molecule is C/C=C\C=C/C1=CC(C2=C(C)N(c3ccccc3-c3ccccc3)c3cc(-c4ccccc4)cc(-c4ccc5c(c4)Cc4ccccc4C5)c3[B]2)=C(C)C1. The van der Waals surface area contributed by atoms with Crippen molar-refractivity contribution in [1.29, 1.82) is 0 Å². The fourth-order valence-corrected chi connectivity index (χ4v) is 8.58. The van der Waals surface area contributed by atoms with Crippen molar-refractivity contribution in [2.24, 2.45) is 0 Å². The van der Waals surface area contributed by atoms with Gasteiger partial charge in [-0.15, -0.1) is 0 Å². The molecular formula is C52H43BN. The minimum Gasteiger partial charge on any atom is -0.315 e. The van der Waals surface area contributed by atoms with E-state index in [2.05, 4.69) is 203 Å². The molecule has 259 valence electrons. The van der Waals surface area contributed by atoms with Gasteiger partial charge in [-0.05, 0) is 119 Å². The number of anilines is 2. The van der Waals surface area contributed by atoms with Gasteiger partial charge >= 0.3 is 0 Å². The molecule has 0 saturated carbocycles. The number of hydrogen-bond acceptors (Lipinski definition) is 1. The first-order valence-electron chi connectivity index (χ1n) is 19.2. The van der Waals surface area contributed by atoms with Gasteiger partial charge in [0.15, 0.2) is 7.28 Å². The van der Waals surface area contributed by atoms with Gasteiger partial charge in [0.1, 0.15) is 0 Å². The van der Waals surface area contributed by atoms with Gasteiger partial charge in [-0.3, -0.25) is 0 Å². The molecule has 0 saturated heterocycles. The zero-order valence-electron chi connectivity index (χ0n) is 31.3. The first-order valence-corrected chi connectivity index (χ1v) is 19.2. The van der Waals surface area contributed by atoms with Crippen molar-refractivity contribution in [3.8, 4) is 33.4 Å².